The average Bonchev–Trinajstić information content (AvgIpc) is 2.83. The molecule has 7 heteroatoms. The molecule has 1 aliphatic heterocycles. The van der Waals surface area contributed by atoms with E-state index in [-0.39, 0.29) is 11.9 Å². The summed E-state index contributed by atoms with van der Waals surface area (Å²) in [6, 6.07) is 8.17. The summed E-state index contributed by atoms with van der Waals surface area (Å²) in [7, 11) is -0.644. The van der Waals surface area contributed by atoms with Crippen LogP contribution in [0.2, 0.25) is 0 Å². The molecule has 0 aliphatic carbocycles. The van der Waals surface area contributed by atoms with E-state index < -0.39 is 30.0 Å². The highest BCUT2D eigenvalue weighted by molar-refractivity contribution is 7.99. The number of ether oxygens (including phenoxy) is 1. The molecule has 2 aromatic carbocycles. The van der Waals surface area contributed by atoms with Crippen LogP contribution >= 0.6 is 11.8 Å². The summed E-state index contributed by atoms with van der Waals surface area (Å²) < 4.78 is 47.2. The Morgan fingerprint density at radius 2 is 1.62 bits per heavy atom. The van der Waals surface area contributed by atoms with Crippen molar-refractivity contribution in [1.29, 1.82) is 0 Å². The van der Waals surface area contributed by atoms with Crippen molar-refractivity contribution in [1.82, 2.24) is 0 Å². The Morgan fingerprint density at radius 3 is 2.17 bits per heavy atom. The van der Waals surface area contributed by atoms with E-state index >= 15 is 0 Å². The first-order valence-corrected chi connectivity index (χ1v) is 10.5. The molecular weight excluding hydrogens is 393 g/mol. The number of hydrogen-bond acceptors (Lipinski definition) is 4. The van der Waals surface area contributed by atoms with E-state index in [0.29, 0.717) is 15.3 Å². The van der Waals surface area contributed by atoms with Crippen molar-refractivity contribution < 1.29 is 22.8 Å². The van der Waals surface area contributed by atoms with Crippen molar-refractivity contribution in [3.05, 3.63) is 47.5 Å². The third kappa shape index (κ3) is 4.47. The van der Waals surface area contributed by atoms with Gasteiger partial charge in [-0.15, -0.1) is 0 Å². The second-order valence-corrected chi connectivity index (χ2v) is 9.62. The maximum absolute atomic E-state index is 14.9. The highest BCUT2D eigenvalue weighted by atomic mass is 32.2. The molecule has 0 atom stereocenters. The molecule has 1 saturated heterocycles. The molecule has 2 aromatic rings. The highest BCUT2D eigenvalue weighted by Gasteiger charge is 2.51. The number of benzene rings is 2. The van der Waals surface area contributed by atoms with Crippen LogP contribution in [0.15, 0.2) is 40.1 Å². The molecule has 1 heterocycles. The topological polar surface area (TPSA) is 27.7 Å². The second kappa shape index (κ2) is 7.93. The van der Waals surface area contributed by atoms with E-state index in [2.05, 4.69) is 0 Å². The zero-order valence-corrected chi connectivity index (χ0v) is 18.7. The standard InChI is InChI=1S/C22H27BF2O3S/c1-13(2)26-17-10-8-14(3)20(19(17)25)29-18-11-9-15(12-16(18)24)23-27-21(4,5)22(6,7)28-23/h8-13H,1-7H3. The molecule has 1 aliphatic rings. The lowest BCUT2D eigenvalue weighted by molar-refractivity contribution is 0.00578. The van der Waals surface area contributed by atoms with Crippen LogP contribution < -0.4 is 10.2 Å². The Labute approximate surface area is 176 Å². The Hall–Kier alpha value is -1.57. The SMILES string of the molecule is Cc1ccc(OC(C)C)c(F)c1Sc1ccc(B2OC(C)(C)C(C)(C)O2)cc1F. The van der Waals surface area contributed by atoms with Gasteiger partial charge in [0.05, 0.1) is 22.2 Å². The summed E-state index contributed by atoms with van der Waals surface area (Å²) in [5.41, 5.74) is 0.315. The molecule has 0 spiro atoms. The van der Waals surface area contributed by atoms with Gasteiger partial charge < -0.3 is 14.0 Å². The van der Waals surface area contributed by atoms with E-state index in [1.54, 1.807) is 31.2 Å². The maximum atomic E-state index is 14.9. The molecule has 0 unspecified atom stereocenters. The van der Waals surface area contributed by atoms with Crippen LogP contribution in [0.25, 0.3) is 0 Å². The first-order chi connectivity index (χ1) is 13.4. The largest absolute Gasteiger partial charge is 0.494 e. The van der Waals surface area contributed by atoms with Crippen LogP contribution in [-0.4, -0.2) is 24.4 Å². The molecule has 0 bridgehead atoms. The summed E-state index contributed by atoms with van der Waals surface area (Å²) in [5, 5.41) is 0. The van der Waals surface area contributed by atoms with Gasteiger partial charge in [0.25, 0.3) is 0 Å². The smallest absolute Gasteiger partial charge is 0.488 e. The Morgan fingerprint density at radius 1 is 1.00 bits per heavy atom. The van der Waals surface area contributed by atoms with Crippen LogP contribution in [0.4, 0.5) is 8.78 Å². The van der Waals surface area contributed by atoms with E-state index in [4.69, 9.17) is 14.0 Å². The number of rotatable bonds is 5. The summed E-state index contributed by atoms with van der Waals surface area (Å²) in [6.07, 6.45) is -0.152. The monoisotopic (exact) mass is 420 g/mol. The molecule has 3 rings (SSSR count). The van der Waals surface area contributed by atoms with Gasteiger partial charge >= 0.3 is 7.12 Å². The van der Waals surface area contributed by atoms with Gasteiger partial charge in [0.1, 0.15) is 5.82 Å². The van der Waals surface area contributed by atoms with Gasteiger partial charge in [0, 0.05) is 4.90 Å². The van der Waals surface area contributed by atoms with Gasteiger partial charge in [-0.25, -0.2) is 8.78 Å². The van der Waals surface area contributed by atoms with E-state index in [9.17, 15) is 8.78 Å². The molecule has 0 radical (unpaired) electrons. The van der Waals surface area contributed by atoms with Crippen molar-refractivity contribution in [2.45, 2.75) is 75.6 Å². The number of aryl methyl sites for hydroxylation is 1. The Balaban J connectivity index is 1.86. The lowest BCUT2D eigenvalue weighted by Crippen LogP contribution is -2.41. The van der Waals surface area contributed by atoms with Gasteiger partial charge in [-0.05, 0) is 77.7 Å². The summed E-state index contributed by atoms with van der Waals surface area (Å²) in [5.74, 6) is -0.753. The molecule has 156 valence electrons. The van der Waals surface area contributed by atoms with Crippen molar-refractivity contribution in [2.75, 3.05) is 0 Å². The predicted octanol–water partition coefficient (Wildman–Crippen LogP) is 5.51. The van der Waals surface area contributed by atoms with Crippen molar-refractivity contribution in [3.63, 3.8) is 0 Å². The fourth-order valence-corrected chi connectivity index (χ4v) is 3.87. The number of hydrogen-bond donors (Lipinski definition) is 0. The van der Waals surface area contributed by atoms with Gasteiger partial charge in [-0.2, -0.15) is 0 Å². The normalized spacial score (nSPS) is 17.8. The first kappa shape index (κ1) is 22.1. The van der Waals surface area contributed by atoms with E-state index in [1.165, 1.54) is 6.07 Å². The minimum atomic E-state index is -0.644. The third-order valence-corrected chi connectivity index (χ3v) is 6.57. The zero-order chi connectivity index (χ0) is 21.6. The minimum Gasteiger partial charge on any atom is -0.488 e. The Kier molecular flexibility index (Phi) is 6.05. The molecule has 0 saturated carbocycles. The molecule has 0 N–H and O–H groups in total. The molecule has 0 amide bonds. The van der Waals surface area contributed by atoms with Crippen LogP contribution in [0.3, 0.4) is 0 Å². The summed E-state index contributed by atoms with van der Waals surface area (Å²) in [4.78, 5) is 0.680. The maximum Gasteiger partial charge on any atom is 0.494 e. The van der Waals surface area contributed by atoms with Crippen molar-refractivity contribution in [2.24, 2.45) is 0 Å². The first-order valence-electron chi connectivity index (χ1n) is 9.70. The van der Waals surface area contributed by atoms with Gasteiger partial charge in [0.2, 0.25) is 0 Å². The number of halogens is 2. The summed E-state index contributed by atoms with van der Waals surface area (Å²) in [6.45, 7) is 13.3. The fraction of sp³-hybridized carbons (Fsp3) is 0.455. The zero-order valence-electron chi connectivity index (χ0n) is 17.9. The van der Waals surface area contributed by atoms with Crippen LogP contribution in [-0.2, 0) is 9.31 Å². The molecule has 0 aromatic heterocycles. The quantitative estimate of drug-likeness (QED) is 0.597. The molecule has 3 nitrogen and oxygen atoms in total. The predicted molar refractivity (Wildman–Crippen MR) is 113 cm³/mol. The van der Waals surface area contributed by atoms with Gasteiger partial charge in [-0.3, -0.25) is 0 Å². The highest BCUT2D eigenvalue weighted by Crippen LogP contribution is 2.39. The second-order valence-electron chi connectivity index (χ2n) is 8.57. The van der Waals surface area contributed by atoms with Crippen molar-refractivity contribution in [3.8, 4) is 5.75 Å². The minimum absolute atomic E-state index is 0.152. The fourth-order valence-electron chi connectivity index (χ4n) is 2.94. The van der Waals surface area contributed by atoms with Crippen LogP contribution in [0.5, 0.6) is 5.75 Å². The van der Waals surface area contributed by atoms with E-state index in [1.807, 2.05) is 41.5 Å². The average molecular weight is 420 g/mol. The molecule has 29 heavy (non-hydrogen) atoms. The molecular formula is C22H27BF2O3S. The van der Waals surface area contributed by atoms with Crippen LogP contribution in [0.1, 0.15) is 47.1 Å². The van der Waals surface area contributed by atoms with Crippen molar-refractivity contribution >= 4 is 24.3 Å². The summed E-state index contributed by atoms with van der Waals surface area (Å²) >= 11 is 1.05. The van der Waals surface area contributed by atoms with Crippen LogP contribution in [0, 0.1) is 18.6 Å². The Bertz CT molecular complexity index is 899. The van der Waals surface area contributed by atoms with Gasteiger partial charge in [-0.1, -0.05) is 23.9 Å². The third-order valence-electron chi connectivity index (χ3n) is 5.31. The molecule has 1 fully saturated rings. The lowest BCUT2D eigenvalue weighted by Gasteiger charge is -2.32. The lowest BCUT2D eigenvalue weighted by atomic mass is 9.79. The van der Waals surface area contributed by atoms with E-state index in [0.717, 1.165) is 17.3 Å². The van der Waals surface area contributed by atoms with Gasteiger partial charge in [0.15, 0.2) is 11.6 Å².